The van der Waals surface area contributed by atoms with Gasteiger partial charge < -0.3 is 15.5 Å². The van der Waals surface area contributed by atoms with Gasteiger partial charge in [-0.25, -0.2) is 4.98 Å². The molecule has 110 valence electrons. The number of hydrogen-bond donors (Lipinski definition) is 2. The minimum Gasteiger partial charge on any atom is -0.439 e. The number of primary amides is 1. The maximum absolute atomic E-state index is 11.5. The number of aromatic nitrogens is 1. The molecule has 5 heteroatoms. The maximum Gasteiger partial charge on any atom is 0.251 e. The first-order valence-electron chi connectivity index (χ1n) is 7.60. The second-order valence-corrected chi connectivity index (χ2v) is 6.38. The van der Waals surface area contributed by atoms with E-state index < -0.39 is 5.91 Å². The zero-order valence-corrected chi connectivity index (χ0v) is 11.9. The van der Waals surface area contributed by atoms with Crippen LogP contribution in [0.1, 0.15) is 54.4 Å². The van der Waals surface area contributed by atoms with Crippen molar-refractivity contribution in [3.63, 3.8) is 0 Å². The molecule has 1 unspecified atom stereocenters. The molecule has 2 fully saturated rings. The Labute approximate surface area is 122 Å². The van der Waals surface area contributed by atoms with E-state index in [4.69, 9.17) is 10.2 Å². The molecule has 5 nitrogen and oxygen atoms in total. The van der Waals surface area contributed by atoms with Crippen LogP contribution < -0.4 is 11.1 Å². The zero-order valence-electron chi connectivity index (χ0n) is 11.9. The predicted octanol–water partition coefficient (Wildman–Crippen LogP) is 2.52. The van der Waals surface area contributed by atoms with E-state index in [0.29, 0.717) is 28.0 Å². The topological polar surface area (TPSA) is 81.2 Å². The van der Waals surface area contributed by atoms with Gasteiger partial charge in [-0.3, -0.25) is 4.79 Å². The normalized spacial score (nSPS) is 24.1. The van der Waals surface area contributed by atoms with Crippen LogP contribution in [0.15, 0.2) is 22.6 Å². The lowest BCUT2D eigenvalue weighted by atomic mass is 9.62. The van der Waals surface area contributed by atoms with Crippen LogP contribution in [0.5, 0.6) is 0 Å². The number of piperidine rings is 1. The van der Waals surface area contributed by atoms with Gasteiger partial charge in [-0.05, 0) is 49.8 Å². The number of fused-ring (bicyclic) bond motifs is 1. The lowest BCUT2D eigenvalue weighted by Gasteiger charge is -2.47. The molecule has 0 bridgehead atoms. The van der Waals surface area contributed by atoms with Crippen LogP contribution in [0, 0.1) is 5.41 Å². The van der Waals surface area contributed by atoms with Gasteiger partial charge in [0.2, 0.25) is 5.89 Å². The van der Waals surface area contributed by atoms with E-state index in [-0.39, 0.29) is 6.04 Å². The number of amides is 1. The van der Waals surface area contributed by atoms with Gasteiger partial charge in [0, 0.05) is 0 Å². The largest absolute Gasteiger partial charge is 0.439 e. The highest BCUT2D eigenvalue weighted by Gasteiger charge is 2.42. The molecular formula is C16H19N3O2. The summed E-state index contributed by atoms with van der Waals surface area (Å²) in [6, 6.07) is 5.45. The predicted molar refractivity (Wildman–Crippen MR) is 78.8 cm³/mol. The van der Waals surface area contributed by atoms with E-state index >= 15 is 0 Å². The lowest BCUT2D eigenvalue weighted by Crippen LogP contribution is -2.43. The molecule has 1 aromatic carbocycles. The fourth-order valence-corrected chi connectivity index (χ4v) is 3.74. The molecule has 21 heavy (non-hydrogen) atoms. The van der Waals surface area contributed by atoms with Crippen LogP contribution in [-0.2, 0) is 0 Å². The SMILES string of the molecule is NC(=O)c1cccc2oc(C3CC4(CCC4)CCN3)nc12. The molecule has 1 aromatic heterocycles. The fourth-order valence-electron chi connectivity index (χ4n) is 3.74. The number of benzene rings is 1. The number of para-hydroxylation sites is 1. The summed E-state index contributed by atoms with van der Waals surface area (Å²) in [4.78, 5) is 16.0. The molecule has 1 spiro atoms. The maximum atomic E-state index is 11.5. The Morgan fingerprint density at radius 3 is 2.95 bits per heavy atom. The summed E-state index contributed by atoms with van der Waals surface area (Å²) in [5.74, 6) is 0.220. The van der Waals surface area contributed by atoms with Gasteiger partial charge in [-0.1, -0.05) is 12.5 Å². The summed E-state index contributed by atoms with van der Waals surface area (Å²) in [5, 5.41) is 3.50. The van der Waals surface area contributed by atoms with Crippen molar-refractivity contribution in [1.82, 2.24) is 10.3 Å². The number of carbonyl (C=O) groups is 1. The van der Waals surface area contributed by atoms with Crippen molar-refractivity contribution in [2.75, 3.05) is 6.54 Å². The minimum absolute atomic E-state index is 0.146. The van der Waals surface area contributed by atoms with Gasteiger partial charge >= 0.3 is 0 Å². The van der Waals surface area contributed by atoms with Crippen molar-refractivity contribution in [3.8, 4) is 0 Å². The molecule has 1 saturated carbocycles. The van der Waals surface area contributed by atoms with E-state index in [1.54, 1.807) is 12.1 Å². The minimum atomic E-state index is -0.465. The smallest absolute Gasteiger partial charge is 0.251 e. The average molecular weight is 285 g/mol. The quantitative estimate of drug-likeness (QED) is 0.888. The van der Waals surface area contributed by atoms with E-state index in [2.05, 4.69) is 10.3 Å². The Morgan fingerprint density at radius 1 is 1.38 bits per heavy atom. The van der Waals surface area contributed by atoms with Gasteiger partial charge in [0.25, 0.3) is 5.91 Å². The molecule has 2 aromatic rings. The Hall–Kier alpha value is -1.88. The molecule has 3 N–H and O–H groups in total. The van der Waals surface area contributed by atoms with Crippen molar-refractivity contribution in [1.29, 1.82) is 0 Å². The number of carbonyl (C=O) groups excluding carboxylic acids is 1. The molecule has 0 radical (unpaired) electrons. The fraction of sp³-hybridized carbons (Fsp3) is 0.500. The van der Waals surface area contributed by atoms with Gasteiger partial charge in [0.1, 0.15) is 5.52 Å². The average Bonchev–Trinajstić information content (AvgIpc) is 2.89. The summed E-state index contributed by atoms with van der Waals surface area (Å²) in [5.41, 5.74) is 7.54. The number of rotatable bonds is 2. The number of hydrogen-bond acceptors (Lipinski definition) is 4. The lowest BCUT2D eigenvalue weighted by molar-refractivity contribution is 0.0572. The molecule has 2 aliphatic rings. The highest BCUT2D eigenvalue weighted by molar-refractivity contribution is 6.03. The highest BCUT2D eigenvalue weighted by atomic mass is 16.3. The molecule has 2 heterocycles. The van der Waals surface area contributed by atoms with Crippen LogP contribution >= 0.6 is 0 Å². The Morgan fingerprint density at radius 2 is 2.24 bits per heavy atom. The van der Waals surface area contributed by atoms with Crippen molar-refractivity contribution in [2.24, 2.45) is 11.1 Å². The molecule has 1 atom stereocenters. The van der Waals surface area contributed by atoms with Crippen LogP contribution in [0.25, 0.3) is 11.1 Å². The Bertz CT molecular complexity index is 703. The molecule has 1 aliphatic carbocycles. The second-order valence-electron chi connectivity index (χ2n) is 6.38. The summed E-state index contributed by atoms with van der Waals surface area (Å²) in [6.07, 6.45) is 6.30. The molecule has 1 amide bonds. The van der Waals surface area contributed by atoms with E-state index in [1.807, 2.05) is 6.07 Å². The third kappa shape index (κ3) is 2.03. The van der Waals surface area contributed by atoms with Gasteiger partial charge in [0.05, 0.1) is 11.6 Å². The monoisotopic (exact) mass is 285 g/mol. The standard InChI is InChI=1S/C16H19N3O2/c17-14(20)10-3-1-4-12-13(10)19-15(21-12)11-9-16(5-2-6-16)7-8-18-11/h1,3-4,11,18H,2,5-9H2,(H2,17,20). The van der Waals surface area contributed by atoms with Gasteiger partial charge in [-0.15, -0.1) is 0 Å². The van der Waals surface area contributed by atoms with E-state index in [9.17, 15) is 4.79 Å². The second kappa shape index (κ2) is 4.56. The van der Waals surface area contributed by atoms with Crippen LogP contribution in [0.4, 0.5) is 0 Å². The van der Waals surface area contributed by atoms with Crippen molar-refractivity contribution < 1.29 is 9.21 Å². The number of nitrogens with zero attached hydrogens (tertiary/aromatic N) is 1. The number of nitrogens with one attached hydrogen (secondary N) is 1. The van der Waals surface area contributed by atoms with Crippen LogP contribution in [0.2, 0.25) is 0 Å². The number of nitrogens with two attached hydrogens (primary N) is 1. The first kappa shape index (κ1) is 12.8. The van der Waals surface area contributed by atoms with Gasteiger partial charge in [-0.2, -0.15) is 0 Å². The summed E-state index contributed by atoms with van der Waals surface area (Å²) < 4.78 is 5.88. The summed E-state index contributed by atoms with van der Waals surface area (Å²) in [7, 11) is 0. The van der Waals surface area contributed by atoms with Crippen molar-refractivity contribution >= 4 is 17.0 Å². The summed E-state index contributed by atoms with van der Waals surface area (Å²) in [6.45, 7) is 1.01. The van der Waals surface area contributed by atoms with Gasteiger partial charge in [0.15, 0.2) is 5.58 Å². The number of oxazole rings is 1. The first-order valence-corrected chi connectivity index (χ1v) is 7.60. The van der Waals surface area contributed by atoms with Crippen molar-refractivity contribution in [3.05, 3.63) is 29.7 Å². The molecular weight excluding hydrogens is 266 g/mol. The van der Waals surface area contributed by atoms with Crippen molar-refractivity contribution in [2.45, 2.75) is 38.1 Å². The summed E-state index contributed by atoms with van der Waals surface area (Å²) >= 11 is 0. The third-order valence-electron chi connectivity index (χ3n) is 5.10. The molecule has 4 rings (SSSR count). The highest BCUT2D eigenvalue weighted by Crippen LogP contribution is 2.51. The molecule has 1 saturated heterocycles. The van der Waals surface area contributed by atoms with Crippen LogP contribution in [-0.4, -0.2) is 17.4 Å². The Kier molecular flexibility index (Phi) is 2.79. The van der Waals surface area contributed by atoms with E-state index in [0.717, 1.165) is 13.0 Å². The first-order chi connectivity index (χ1) is 10.2. The molecule has 1 aliphatic heterocycles. The van der Waals surface area contributed by atoms with Crippen LogP contribution in [0.3, 0.4) is 0 Å². The van der Waals surface area contributed by atoms with E-state index in [1.165, 1.54) is 25.7 Å². The zero-order chi connectivity index (χ0) is 14.4. The third-order valence-corrected chi connectivity index (χ3v) is 5.10. The Balaban J connectivity index is 1.70.